The summed E-state index contributed by atoms with van der Waals surface area (Å²) in [6.07, 6.45) is 5.57. The first-order chi connectivity index (χ1) is 7.74. The first kappa shape index (κ1) is 11.0. The van der Waals surface area contributed by atoms with Gasteiger partial charge in [0.2, 0.25) is 0 Å². The molecular formula is C14H18IN. The van der Waals surface area contributed by atoms with E-state index in [1.54, 1.807) is 5.56 Å². The molecule has 2 bridgehead atoms. The summed E-state index contributed by atoms with van der Waals surface area (Å²) >= 11 is 2.38. The summed E-state index contributed by atoms with van der Waals surface area (Å²) in [4.78, 5) is 2.61. The van der Waals surface area contributed by atoms with Gasteiger partial charge in [-0.05, 0) is 78.9 Å². The summed E-state index contributed by atoms with van der Waals surface area (Å²) in [5.74, 6) is 0.811. The first-order valence-electron chi connectivity index (χ1n) is 6.21. The Morgan fingerprint density at radius 3 is 2.19 bits per heavy atom. The molecule has 2 saturated heterocycles. The third-order valence-electron chi connectivity index (χ3n) is 4.44. The molecule has 1 nitrogen and oxygen atoms in total. The van der Waals surface area contributed by atoms with Crippen LogP contribution in [-0.4, -0.2) is 24.0 Å². The molecule has 2 fully saturated rings. The minimum absolute atomic E-state index is 0.811. The third-order valence-corrected chi connectivity index (χ3v) is 5.16. The minimum Gasteiger partial charge on any atom is -0.300 e. The van der Waals surface area contributed by atoms with E-state index in [-0.39, 0.29) is 0 Å². The average molecular weight is 327 g/mol. The van der Waals surface area contributed by atoms with Gasteiger partial charge in [-0.3, -0.25) is 0 Å². The van der Waals surface area contributed by atoms with Crippen LogP contribution in [0.5, 0.6) is 0 Å². The van der Waals surface area contributed by atoms with Crippen LogP contribution in [0, 0.1) is 3.57 Å². The van der Waals surface area contributed by atoms with Gasteiger partial charge in [-0.2, -0.15) is 0 Å². The van der Waals surface area contributed by atoms with Crippen molar-refractivity contribution in [3.63, 3.8) is 0 Å². The van der Waals surface area contributed by atoms with Crippen molar-refractivity contribution in [1.82, 2.24) is 4.90 Å². The highest BCUT2D eigenvalue weighted by Gasteiger charge is 2.38. The first-order valence-corrected chi connectivity index (χ1v) is 7.29. The number of rotatable bonds is 1. The van der Waals surface area contributed by atoms with Gasteiger partial charge in [0.1, 0.15) is 0 Å². The highest BCUT2D eigenvalue weighted by molar-refractivity contribution is 14.1. The minimum atomic E-state index is 0.811. The van der Waals surface area contributed by atoms with Gasteiger partial charge in [0, 0.05) is 15.7 Å². The molecule has 2 heteroatoms. The molecule has 0 saturated carbocycles. The average Bonchev–Trinajstić information content (AvgIpc) is 2.54. The Kier molecular flexibility index (Phi) is 2.96. The SMILES string of the molecule is CN1[C@@H]2CC[C@H]1CC(c1ccc(I)cc1)C2. The Bertz CT molecular complexity index is 359. The summed E-state index contributed by atoms with van der Waals surface area (Å²) in [5.41, 5.74) is 1.56. The van der Waals surface area contributed by atoms with Crippen LogP contribution in [0.3, 0.4) is 0 Å². The van der Waals surface area contributed by atoms with Crippen LogP contribution in [0.4, 0.5) is 0 Å². The van der Waals surface area contributed by atoms with Crippen LogP contribution in [0.15, 0.2) is 24.3 Å². The van der Waals surface area contributed by atoms with E-state index in [0.717, 1.165) is 18.0 Å². The van der Waals surface area contributed by atoms with E-state index in [9.17, 15) is 0 Å². The molecule has 3 rings (SSSR count). The van der Waals surface area contributed by atoms with E-state index in [2.05, 4.69) is 58.8 Å². The van der Waals surface area contributed by atoms with Gasteiger partial charge in [-0.1, -0.05) is 12.1 Å². The van der Waals surface area contributed by atoms with Crippen LogP contribution in [0.25, 0.3) is 0 Å². The molecule has 2 aliphatic rings. The van der Waals surface area contributed by atoms with Gasteiger partial charge in [0.25, 0.3) is 0 Å². The summed E-state index contributed by atoms with van der Waals surface area (Å²) in [6.45, 7) is 0. The zero-order valence-electron chi connectivity index (χ0n) is 9.70. The van der Waals surface area contributed by atoms with E-state index in [1.165, 1.54) is 29.3 Å². The molecule has 0 N–H and O–H groups in total. The van der Waals surface area contributed by atoms with Crippen LogP contribution in [-0.2, 0) is 0 Å². The molecular weight excluding hydrogens is 309 g/mol. The van der Waals surface area contributed by atoms with Gasteiger partial charge in [0.05, 0.1) is 0 Å². The van der Waals surface area contributed by atoms with Crippen molar-refractivity contribution < 1.29 is 0 Å². The third kappa shape index (κ3) is 1.90. The summed E-state index contributed by atoms with van der Waals surface area (Å²) in [6, 6.07) is 10.9. The van der Waals surface area contributed by atoms with Crippen molar-refractivity contribution in [2.24, 2.45) is 0 Å². The number of fused-ring (bicyclic) bond motifs is 2. The molecule has 3 atom stereocenters. The van der Waals surface area contributed by atoms with E-state index in [0.29, 0.717) is 0 Å². The largest absolute Gasteiger partial charge is 0.300 e. The van der Waals surface area contributed by atoms with Crippen molar-refractivity contribution in [3.05, 3.63) is 33.4 Å². The molecule has 0 aromatic heterocycles. The standard InChI is InChI=1S/C14H18IN/c1-16-13-6-7-14(16)9-11(8-13)10-2-4-12(15)5-3-10/h2-5,11,13-14H,6-9H2,1H3/t11?,13-,14+. The number of hydrogen-bond donors (Lipinski definition) is 0. The highest BCUT2D eigenvalue weighted by Crippen LogP contribution is 2.41. The van der Waals surface area contributed by atoms with Gasteiger partial charge < -0.3 is 4.90 Å². The maximum atomic E-state index is 2.61. The van der Waals surface area contributed by atoms with Crippen molar-refractivity contribution in [2.45, 2.75) is 43.7 Å². The van der Waals surface area contributed by atoms with E-state index in [1.807, 2.05) is 0 Å². The van der Waals surface area contributed by atoms with Crippen molar-refractivity contribution >= 4 is 22.6 Å². The monoisotopic (exact) mass is 327 g/mol. The quantitative estimate of drug-likeness (QED) is 0.712. The lowest BCUT2D eigenvalue weighted by Gasteiger charge is -2.36. The van der Waals surface area contributed by atoms with Crippen LogP contribution in [0.1, 0.15) is 37.2 Å². The van der Waals surface area contributed by atoms with Crippen LogP contribution < -0.4 is 0 Å². The molecule has 16 heavy (non-hydrogen) atoms. The summed E-state index contributed by atoms with van der Waals surface area (Å²) in [5, 5.41) is 0. The summed E-state index contributed by atoms with van der Waals surface area (Å²) in [7, 11) is 2.31. The molecule has 0 radical (unpaired) electrons. The fraction of sp³-hybridized carbons (Fsp3) is 0.571. The molecule has 2 heterocycles. The van der Waals surface area contributed by atoms with Crippen LogP contribution >= 0.6 is 22.6 Å². The molecule has 86 valence electrons. The molecule has 1 aromatic carbocycles. The van der Waals surface area contributed by atoms with Crippen molar-refractivity contribution in [1.29, 1.82) is 0 Å². The number of nitrogens with zero attached hydrogens (tertiary/aromatic N) is 1. The normalized spacial score (nSPS) is 34.2. The number of halogens is 1. The number of benzene rings is 1. The molecule has 0 aliphatic carbocycles. The lowest BCUT2D eigenvalue weighted by Crippen LogP contribution is -2.39. The Hall–Kier alpha value is -0.0900. The predicted molar refractivity (Wildman–Crippen MR) is 75.7 cm³/mol. The van der Waals surface area contributed by atoms with Crippen LogP contribution in [0.2, 0.25) is 0 Å². The second-order valence-corrected chi connectivity index (χ2v) is 6.52. The number of hydrogen-bond acceptors (Lipinski definition) is 1. The Morgan fingerprint density at radius 2 is 1.62 bits per heavy atom. The zero-order valence-corrected chi connectivity index (χ0v) is 11.9. The topological polar surface area (TPSA) is 3.24 Å². The maximum Gasteiger partial charge on any atom is 0.0130 e. The molecule has 2 aliphatic heterocycles. The lowest BCUT2D eigenvalue weighted by molar-refractivity contribution is 0.161. The van der Waals surface area contributed by atoms with Gasteiger partial charge in [-0.25, -0.2) is 0 Å². The number of piperidine rings is 1. The zero-order chi connectivity index (χ0) is 11.1. The summed E-state index contributed by atoms with van der Waals surface area (Å²) < 4.78 is 1.34. The Morgan fingerprint density at radius 1 is 1.06 bits per heavy atom. The van der Waals surface area contributed by atoms with Gasteiger partial charge >= 0.3 is 0 Å². The second kappa shape index (κ2) is 4.30. The fourth-order valence-electron chi connectivity index (χ4n) is 3.42. The smallest absolute Gasteiger partial charge is 0.0130 e. The van der Waals surface area contributed by atoms with Crippen molar-refractivity contribution in [2.75, 3.05) is 7.05 Å². The maximum absolute atomic E-state index is 2.61. The molecule has 1 unspecified atom stereocenters. The molecule has 1 aromatic rings. The molecule has 0 spiro atoms. The van der Waals surface area contributed by atoms with E-state index >= 15 is 0 Å². The molecule has 0 amide bonds. The predicted octanol–water partition coefficient (Wildman–Crippen LogP) is 3.63. The Labute approximate surface area is 111 Å². The fourth-order valence-corrected chi connectivity index (χ4v) is 3.78. The lowest BCUT2D eigenvalue weighted by atomic mass is 9.85. The Balaban J connectivity index is 1.80. The van der Waals surface area contributed by atoms with Crippen molar-refractivity contribution in [3.8, 4) is 0 Å². The highest BCUT2D eigenvalue weighted by atomic mass is 127. The van der Waals surface area contributed by atoms with E-state index in [4.69, 9.17) is 0 Å². The van der Waals surface area contributed by atoms with E-state index < -0.39 is 0 Å². The second-order valence-electron chi connectivity index (χ2n) is 5.27. The van der Waals surface area contributed by atoms with Gasteiger partial charge in [0.15, 0.2) is 0 Å². The van der Waals surface area contributed by atoms with Gasteiger partial charge in [-0.15, -0.1) is 0 Å².